The molecule has 0 nitrogen and oxygen atoms in total. The van der Waals surface area contributed by atoms with Crippen LogP contribution in [0.15, 0.2) is 18.2 Å². The Bertz CT molecular complexity index is 335. The van der Waals surface area contributed by atoms with Gasteiger partial charge >= 0.3 is 6.98 Å². The van der Waals surface area contributed by atoms with Gasteiger partial charge in [0.15, 0.2) is 0 Å². The van der Waals surface area contributed by atoms with Crippen molar-refractivity contribution >= 4 is 24.0 Å². The lowest BCUT2D eigenvalue weighted by Gasteiger charge is -2.19. The third-order valence-electron chi connectivity index (χ3n) is 1.66. The summed E-state index contributed by atoms with van der Waals surface area (Å²) in [5.41, 5.74) is -2.46. The van der Waals surface area contributed by atoms with Crippen molar-refractivity contribution in [2.24, 2.45) is 0 Å². The van der Waals surface area contributed by atoms with Crippen LogP contribution in [0, 0.1) is 0 Å². The molecule has 0 aliphatic rings. The lowest BCUT2D eigenvalue weighted by molar-refractivity contribution is 0.152. The zero-order valence-corrected chi connectivity index (χ0v) is 7.41. The Kier molecular flexibility index (Phi) is 3.04. The van der Waals surface area contributed by atoms with E-state index >= 15 is 0 Å². The summed E-state index contributed by atoms with van der Waals surface area (Å²) in [5, 5.41) is -0.559. The van der Waals surface area contributed by atoms with Crippen LogP contribution >= 0.6 is 11.6 Å². The molecule has 0 radical (unpaired) electrons. The maximum atomic E-state index is 12.3. The Morgan fingerprint density at radius 2 is 1.71 bits per heavy atom. The van der Waals surface area contributed by atoms with Gasteiger partial charge in [0, 0.05) is 10.6 Å². The molecule has 0 saturated carbocycles. The molecule has 0 saturated heterocycles. The zero-order chi connectivity index (χ0) is 10.9. The van der Waals surface area contributed by atoms with Crippen LogP contribution in [0.3, 0.4) is 0 Å². The molecule has 0 unspecified atom stereocenters. The topological polar surface area (TPSA) is 0 Å². The molecule has 0 aliphatic carbocycles. The molecule has 0 heterocycles. The second kappa shape index (κ2) is 3.77. The molecule has 0 spiro atoms. The fourth-order valence-electron chi connectivity index (χ4n) is 1.07. The highest BCUT2D eigenvalue weighted by Crippen LogP contribution is 2.28. The molecule has 1 aromatic rings. The van der Waals surface area contributed by atoms with Gasteiger partial charge in [-0.05, 0) is 6.07 Å². The number of hydrogen-bond donors (Lipinski definition) is 0. The predicted octanol–water partition coefficient (Wildman–Crippen LogP) is 3.33. The highest BCUT2D eigenvalue weighted by atomic mass is 35.5. The average molecular weight is 229 g/mol. The van der Waals surface area contributed by atoms with Crippen molar-refractivity contribution < 1.29 is 21.7 Å². The van der Waals surface area contributed by atoms with Crippen LogP contribution in [0.4, 0.5) is 21.7 Å². The third kappa shape index (κ3) is 2.18. The summed E-state index contributed by atoms with van der Waals surface area (Å²) < 4.78 is 61.3. The maximum Gasteiger partial charge on any atom is 0.510 e. The van der Waals surface area contributed by atoms with E-state index in [1.54, 1.807) is 0 Å². The van der Waals surface area contributed by atoms with Gasteiger partial charge in [-0.2, -0.15) is 0 Å². The maximum absolute atomic E-state index is 12.3. The minimum atomic E-state index is -5.45. The Labute approximate surface area is 81.7 Å². The first-order chi connectivity index (χ1) is 6.34. The number of alkyl halides is 2. The van der Waals surface area contributed by atoms with Gasteiger partial charge in [-0.1, -0.05) is 29.2 Å². The summed E-state index contributed by atoms with van der Waals surface area (Å²) in [6, 6.07) is 2.61. The van der Waals surface area contributed by atoms with Gasteiger partial charge in [0.1, 0.15) is 0 Å². The van der Waals surface area contributed by atoms with Crippen LogP contribution in [0.2, 0.25) is 5.02 Å². The van der Waals surface area contributed by atoms with E-state index in [-0.39, 0.29) is 0 Å². The van der Waals surface area contributed by atoms with Crippen molar-refractivity contribution in [2.75, 3.05) is 0 Å². The van der Waals surface area contributed by atoms with Crippen molar-refractivity contribution in [2.45, 2.75) is 6.43 Å². The Morgan fingerprint density at radius 1 is 1.14 bits per heavy atom. The zero-order valence-electron chi connectivity index (χ0n) is 6.65. The van der Waals surface area contributed by atoms with Crippen LogP contribution in [-0.4, -0.2) is 6.98 Å². The second-order valence-corrected chi connectivity index (χ2v) is 3.03. The summed E-state index contributed by atoms with van der Waals surface area (Å²) in [6.07, 6.45) is -3.22. The summed E-state index contributed by atoms with van der Waals surface area (Å²) >= 11 is 5.26. The van der Waals surface area contributed by atoms with Crippen molar-refractivity contribution in [3.05, 3.63) is 28.8 Å². The van der Waals surface area contributed by atoms with Crippen molar-refractivity contribution in [3.63, 3.8) is 0 Å². The SMILES string of the molecule is FC(F)c1c(Cl)cccc1[B-](F)(F)F. The Hall–Kier alpha value is -0.775. The van der Waals surface area contributed by atoms with E-state index in [0.29, 0.717) is 6.07 Å². The molecule has 0 bridgehead atoms. The van der Waals surface area contributed by atoms with E-state index in [1.165, 1.54) is 0 Å². The summed E-state index contributed by atoms with van der Waals surface area (Å²) in [6.45, 7) is -5.45. The first-order valence-corrected chi connectivity index (χ1v) is 3.98. The minimum absolute atomic E-state index is 0.559. The molecule has 0 aromatic heterocycles. The van der Waals surface area contributed by atoms with Gasteiger partial charge < -0.3 is 12.9 Å². The number of hydrogen-bond acceptors (Lipinski definition) is 0. The fraction of sp³-hybridized carbons (Fsp3) is 0.143. The molecular formula is C7H4BClF5-. The third-order valence-corrected chi connectivity index (χ3v) is 1.99. The van der Waals surface area contributed by atoms with Crippen molar-refractivity contribution in [1.82, 2.24) is 0 Å². The van der Waals surface area contributed by atoms with Gasteiger partial charge in [-0.15, -0.1) is 0 Å². The molecule has 1 rings (SSSR count). The van der Waals surface area contributed by atoms with Gasteiger partial charge in [0.05, 0.1) is 0 Å². The van der Waals surface area contributed by atoms with Crippen LogP contribution in [0.25, 0.3) is 0 Å². The molecule has 0 N–H and O–H groups in total. The summed E-state index contributed by atoms with van der Waals surface area (Å²) in [7, 11) is 0. The quantitative estimate of drug-likeness (QED) is 0.539. The second-order valence-electron chi connectivity index (χ2n) is 2.62. The van der Waals surface area contributed by atoms with Gasteiger partial charge in [0.2, 0.25) is 0 Å². The van der Waals surface area contributed by atoms with E-state index in [1.807, 2.05) is 0 Å². The number of halogens is 6. The van der Waals surface area contributed by atoms with E-state index in [0.717, 1.165) is 12.1 Å². The predicted molar refractivity (Wildman–Crippen MR) is 45.1 cm³/mol. The highest BCUT2D eigenvalue weighted by Gasteiger charge is 2.31. The van der Waals surface area contributed by atoms with E-state index in [4.69, 9.17) is 11.6 Å². The molecule has 0 aliphatic heterocycles. The summed E-state index contributed by atoms with van der Waals surface area (Å²) in [4.78, 5) is 0. The van der Waals surface area contributed by atoms with E-state index in [2.05, 4.69) is 0 Å². The number of rotatable bonds is 2. The van der Waals surface area contributed by atoms with Crippen molar-refractivity contribution in [1.29, 1.82) is 0 Å². The molecular weight excluding hydrogens is 225 g/mol. The van der Waals surface area contributed by atoms with Crippen LogP contribution in [0.1, 0.15) is 12.0 Å². The van der Waals surface area contributed by atoms with Gasteiger partial charge in [0.25, 0.3) is 6.43 Å². The average Bonchev–Trinajstić information content (AvgIpc) is 2.01. The lowest BCUT2D eigenvalue weighted by atomic mass is 9.77. The first-order valence-electron chi connectivity index (χ1n) is 3.60. The fourth-order valence-corrected chi connectivity index (χ4v) is 1.33. The van der Waals surface area contributed by atoms with Crippen LogP contribution in [-0.2, 0) is 0 Å². The molecule has 0 amide bonds. The monoisotopic (exact) mass is 229 g/mol. The Morgan fingerprint density at radius 3 is 2.07 bits per heavy atom. The number of benzene rings is 1. The largest absolute Gasteiger partial charge is 0.510 e. The van der Waals surface area contributed by atoms with Crippen molar-refractivity contribution in [3.8, 4) is 0 Å². The molecule has 1 aromatic carbocycles. The smallest absolute Gasteiger partial charge is 0.445 e. The first kappa shape index (κ1) is 11.3. The minimum Gasteiger partial charge on any atom is -0.445 e. The van der Waals surface area contributed by atoms with Gasteiger partial charge in [-0.25, -0.2) is 8.78 Å². The normalized spacial score (nSPS) is 12.2. The van der Waals surface area contributed by atoms with E-state index < -0.39 is 29.5 Å². The Balaban J connectivity index is 3.36. The summed E-state index contributed by atoms with van der Waals surface area (Å²) in [5.74, 6) is 0. The highest BCUT2D eigenvalue weighted by molar-refractivity contribution is 6.74. The standard InChI is InChI=1S/C7H4BClF5/c9-5-3-1-2-4(8(12,13)14)6(5)7(10)11/h1-3,7H/q-1. The van der Waals surface area contributed by atoms with E-state index in [9.17, 15) is 21.7 Å². The molecule has 78 valence electrons. The van der Waals surface area contributed by atoms with Gasteiger partial charge in [-0.3, -0.25) is 0 Å². The lowest BCUT2D eigenvalue weighted by Crippen LogP contribution is -2.37. The molecule has 14 heavy (non-hydrogen) atoms. The molecule has 7 heteroatoms. The molecule has 0 fully saturated rings. The van der Waals surface area contributed by atoms with Crippen LogP contribution in [0.5, 0.6) is 0 Å². The molecule has 0 atom stereocenters. The van der Waals surface area contributed by atoms with Crippen LogP contribution < -0.4 is 5.46 Å².